The van der Waals surface area contributed by atoms with Crippen LogP contribution in [0, 0.1) is 0 Å². The normalized spacial score (nSPS) is 10.1. The van der Waals surface area contributed by atoms with Crippen LogP contribution < -0.4 is 0 Å². The van der Waals surface area contributed by atoms with Crippen LogP contribution in [0.5, 0.6) is 0 Å². The first-order valence-electron chi connectivity index (χ1n) is 7.03. The van der Waals surface area contributed by atoms with E-state index in [0.29, 0.717) is 6.42 Å². The van der Waals surface area contributed by atoms with E-state index in [0.717, 1.165) is 25.7 Å². The van der Waals surface area contributed by atoms with E-state index in [9.17, 15) is 9.59 Å². The Morgan fingerprint density at radius 3 is 2.11 bits per heavy atom. The first-order valence-corrected chi connectivity index (χ1v) is 7.03. The summed E-state index contributed by atoms with van der Waals surface area (Å²) in [6, 6.07) is 0. The summed E-state index contributed by atoms with van der Waals surface area (Å²) in [5.74, 6) is -1.07. The van der Waals surface area contributed by atoms with E-state index in [-0.39, 0.29) is 12.4 Å². The van der Waals surface area contributed by atoms with E-state index < -0.39 is 5.97 Å². The number of allylic oxidation sites excluding steroid dienone is 1. The second-order valence-corrected chi connectivity index (χ2v) is 4.45. The SMILES string of the molecule is C=CCCCCCCCCCC(=O)C(=O)OCC. The molecule has 0 aliphatic rings. The Labute approximate surface area is 111 Å². The Bertz CT molecular complexity index is 246. The predicted octanol–water partition coefficient (Wildman–Crippen LogP) is 3.82. The average molecular weight is 254 g/mol. The van der Waals surface area contributed by atoms with Crippen LogP contribution in [0.4, 0.5) is 0 Å². The van der Waals surface area contributed by atoms with Gasteiger partial charge in [0, 0.05) is 6.42 Å². The summed E-state index contributed by atoms with van der Waals surface area (Å²) in [6.07, 6.45) is 11.3. The van der Waals surface area contributed by atoms with Crippen molar-refractivity contribution in [2.24, 2.45) is 0 Å². The Kier molecular flexibility index (Phi) is 11.6. The highest BCUT2D eigenvalue weighted by Crippen LogP contribution is 2.10. The third kappa shape index (κ3) is 10.1. The highest BCUT2D eigenvalue weighted by atomic mass is 16.5. The molecular weight excluding hydrogens is 228 g/mol. The van der Waals surface area contributed by atoms with Crippen molar-refractivity contribution in [1.82, 2.24) is 0 Å². The molecule has 0 bridgehead atoms. The molecule has 3 nitrogen and oxygen atoms in total. The van der Waals surface area contributed by atoms with Gasteiger partial charge in [0.25, 0.3) is 0 Å². The fraction of sp³-hybridized carbons (Fsp3) is 0.733. The molecule has 0 aliphatic heterocycles. The van der Waals surface area contributed by atoms with Crippen LogP contribution in [-0.4, -0.2) is 18.4 Å². The van der Waals surface area contributed by atoms with Gasteiger partial charge in [-0.25, -0.2) is 4.79 Å². The highest BCUT2D eigenvalue weighted by Gasteiger charge is 2.13. The second-order valence-electron chi connectivity index (χ2n) is 4.45. The van der Waals surface area contributed by atoms with Crippen molar-refractivity contribution in [2.75, 3.05) is 6.61 Å². The van der Waals surface area contributed by atoms with E-state index in [1.54, 1.807) is 6.92 Å². The molecule has 3 heteroatoms. The predicted molar refractivity (Wildman–Crippen MR) is 73.4 cm³/mol. The molecule has 0 unspecified atom stereocenters. The lowest BCUT2D eigenvalue weighted by Gasteiger charge is -2.02. The van der Waals surface area contributed by atoms with Gasteiger partial charge in [-0.2, -0.15) is 0 Å². The maximum Gasteiger partial charge on any atom is 0.374 e. The van der Waals surface area contributed by atoms with Gasteiger partial charge in [-0.3, -0.25) is 4.79 Å². The zero-order valence-electron chi connectivity index (χ0n) is 11.6. The fourth-order valence-corrected chi connectivity index (χ4v) is 1.77. The van der Waals surface area contributed by atoms with Crippen LogP contribution in [0.15, 0.2) is 12.7 Å². The molecule has 0 fully saturated rings. The minimum atomic E-state index is -0.679. The molecule has 18 heavy (non-hydrogen) atoms. The summed E-state index contributed by atoms with van der Waals surface area (Å²) >= 11 is 0. The molecule has 0 saturated heterocycles. The number of carbonyl (C=O) groups is 2. The molecule has 0 rings (SSSR count). The Balaban J connectivity index is 3.27. The van der Waals surface area contributed by atoms with Crippen LogP contribution in [0.25, 0.3) is 0 Å². The molecule has 0 aromatic carbocycles. The highest BCUT2D eigenvalue weighted by molar-refractivity contribution is 6.33. The Hall–Kier alpha value is -1.12. The zero-order valence-corrected chi connectivity index (χ0v) is 11.6. The number of carbonyl (C=O) groups excluding carboxylic acids is 2. The molecule has 0 atom stereocenters. The van der Waals surface area contributed by atoms with Crippen molar-refractivity contribution in [3.8, 4) is 0 Å². The van der Waals surface area contributed by atoms with E-state index in [4.69, 9.17) is 0 Å². The summed E-state index contributed by atoms with van der Waals surface area (Å²) in [7, 11) is 0. The van der Waals surface area contributed by atoms with Gasteiger partial charge in [-0.05, 0) is 26.2 Å². The number of ether oxygens (including phenoxy) is 1. The topological polar surface area (TPSA) is 43.4 Å². The number of esters is 1. The van der Waals surface area contributed by atoms with Gasteiger partial charge < -0.3 is 4.74 Å². The van der Waals surface area contributed by atoms with E-state index >= 15 is 0 Å². The lowest BCUT2D eigenvalue weighted by atomic mass is 10.1. The summed E-state index contributed by atoms with van der Waals surface area (Å²) in [5, 5.41) is 0. The number of hydrogen-bond acceptors (Lipinski definition) is 3. The smallest absolute Gasteiger partial charge is 0.374 e. The fourth-order valence-electron chi connectivity index (χ4n) is 1.77. The van der Waals surface area contributed by atoms with Crippen LogP contribution >= 0.6 is 0 Å². The minimum Gasteiger partial charge on any atom is -0.460 e. The van der Waals surface area contributed by atoms with Gasteiger partial charge in [-0.1, -0.05) is 38.2 Å². The molecule has 0 heterocycles. The quantitative estimate of drug-likeness (QED) is 0.230. The molecule has 0 aromatic heterocycles. The van der Waals surface area contributed by atoms with E-state index in [1.165, 1.54) is 25.7 Å². The Morgan fingerprint density at radius 2 is 1.56 bits per heavy atom. The molecule has 0 radical (unpaired) electrons. The largest absolute Gasteiger partial charge is 0.460 e. The van der Waals surface area contributed by atoms with Gasteiger partial charge in [-0.15, -0.1) is 6.58 Å². The van der Waals surface area contributed by atoms with Crippen LogP contribution in [-0.2, 0) is 14.3 Å². The lowest BCUT2D eigenvalue weighted by Crippen LogP contribution is -2.16. The monoisotopic (exact) mass is 254 g/mol. The molecule has 0 spiro atoms. The van der Waals surface area contributed by atoms with Crippen molar-refractivity contribution in [3.63, 3.8) is 0 Å². The van der Waals surface area contributed by atoms with Crippen molar-refractivity contribution < 1.29 is 14.3 Å². The molecule has 0 N–H and O–H groups in total. The van der Waals surface area contributed by atoms with Crippen LogP contribution in [0.1, 0.15) is 64.7 Å². The van der Waals surface area contributed by atoms with Crippen molar-refractivity contribution in [2.45, 2.75) is 64.7 Å². The van der Waals surface area contributed by atoms with Crippen LogP contribution in [0.3, 0.4) is 0 Å². The third-order valence-corrected chi connectivity index (χ3v) is 2.82. The second kappa shape index (κ2) is 12.3. The average Bonchev–Trinajstić information content (AvgIpc) is 2.36. The van der Waals surface area contributed by atoms with Gasteiger partial charge in [0.2, 0.25) is 5.78 Å². The van der Waals surface area contributed by atoms with Crippen molar-refractivity contribution >= 4 is 11.8 Å². The molecule has 0 aliphatic carbocycles. The molecule has 104 valence electrons. The van der Waals surface area contributed by atoms with Gasteiger partial charge in [0.15, 0.2) is 0 Å². The van der Waals surface area contributed by atoms with E-state index in [2.05, 4.69) is 11.3 Å². The number of rotatable bonds is 12. The number of unbranched alkanes of at least 4 members (excludes halogenated alkanes) is 7. The van der Waals surface area contributed by atoms with Gasteiger partial charge in [0.1, 0.15) is 0 Å². The Morgan fingerprint density at radius 1 is 1.00 bits per heavy atom. The lowest BCUT2D eigenvalue weighted by molar-refractivity contribution is -0.153. The minimum absolute atomic E-state index is 0.273. The number of Topliss-reactive ketones (excluding diaryl/α,β-unsaturated/α-hetero) is 1. The van der Waals surface area contributed by atoms with Gasteiger partial charge in [0.05, 0.1) is 6.61 Å². The van der Waals surface area contributed by atoms with E-state index in [1.807, 2.05) is 6.08 Å². The summed E-state index contributed by atoms with van der Waals surface area (Å²) in [6.45, 7) is 5.67. The van der Waals surface area contributed by atoms with Crippen molar-refractivity contribution in [1.29, 1.82) is 0 Å². The van der Waals surface area contributed by atoms with Crippen molar-refractivity contribution in [3.05, 3.63) is 12.7 Å². The summed E-state index contributed by atoms with van der Waals surface area (Å²) in [4.78, 5) is 22.3. The first kappa shape index (κ1) is 16.9. The molecule has 0 amide bonds. The molecule has 0 aromatic rings. The van der Waals surface area contributed by atoms with Gasteiger partial charge >= 0.3 is 5.97 Å². The van der Waals surface area contributed by atoms with Crippen LogP contribution in [0.2, 0.25) is 0 Å². The number of hydrogen-bond donors (Lipinski definition) is 0. The standard InChI is InChI=1S/C15H26O3/c1-3-5-6-7-8-9-10-11-12-13-14(16)15(17)18-4-2/h3H,1,4-13H2,2H3. The summed E-state index contributed by atoms with van der Waals surface area (Å²) < 4.78 is 4.64. The molecular formula is C15H26O3. The molecule has 0 saturated carbocycles. The maximum absolute atomic E-state index is 11.3. The first-order chi connectivity index (χ1) is 8.72. The maximum atomic E-state index is 11.3. The summed E-state index contributed by atoms with van der Waals surface area (Å²) in [5.41, 5.74) is 0. The third-order valence-electron chi connectivity index (χ3n) is 2.82. The number of ketones is 1. The zero-order chi connectivity index (χ0) is 13.6.